The average molecular weight is 306 g/mol. The maximum Gasteiger partial charge on any atom is 0.408 e. The second-order valence-electron chi connectivity index (χ2n) is 5.65. The molecule has 1 amide bonds. The lowest BCUT2D eigenvalue weighted by atomic mass is 10.1. The molecule has 1 heterocycles. The van der Waals surface area contributed by atoms with Gasteiger partial charge < -0.3 is 14.8 Å². The van der Waals surface area contributed by atoms with E-state index in [0.29, 0.717) is 6.42 Å². The fraction of sp³-hybridized carbons (Fsp3) is 0.438. The van der Waals surface area contributed by atoms with Crippen molar-refractivity contribution in [3.63, 3.8) is 0 Å². The van der Waals surface area contributed by atoms with Gasteiger partial charge in [-0.25, -0.2) is 9.59 Å². The number of carbonyl (C=O) groups excluding carboxylic acids is 2. The van der Waals surface area contributed by atoms with Crippen molar-refractivity contribution >= 4 is 18.1 Å². The summed E-state index contributed by atoms with van der Waals surface area (Å²) in [5.41, 5.74) is 0.277. The van der Waals surface area contributed by atoms with Gasteiger partial charge in [-0.15, -0.1) is 0 Å². The summed E-state index contributed by atoms with van der Waals surface area (Å²) in [6.45, 7) is 5.26. The third-order valence-corrected chi connectivity index (χ3v) is 2.54. The van der Waals surface area contributed by atoms with Gasteiger partial charge in [-0.3, -0.25) is 4.98 Å². The predicted molar refractivity (Wildman–Crippen MR) is 83.1 cm³/mol. The van der Waals surface area contributed by atoms with Crippen molar-refractivity contribution in [3.05, 3.63) is 36.2 Å². The number of hydrogen-bond donors (Lipinski definition) is 1. The molecule has 1 rings (SSSR count). The van der Waals surface area contributed by atoms with Crippen LogP contribution in [-0.2, 0) is 14.3 Å². The number of pyridine rings is 1. The van der Waals surface area contributed by atoms with Crippen molar-refractivity contribution in [2.45, 2.75) is 38.8 Å². The quantitative estimate of drug-likeness (QED) is 0.846. The highest BCUT2D eigenvalue weighted by atomic mass is 16.6. The lowest BCUT2D eigenvalue weighted by molar-refractivity contribution is -0.143. The van der Waals surface area contributed by atoms with E-state index in [1.54, 1.807) is 39.2 Å². The molecule has 0 aromatic carbocycles. The van der Waals surface area contributed by atoms with Crippen LogP contribution in [0, 0.1) is 0 Å². The van der Waals surface area contributed by atoms with Crippen molar-refractivity contribution in [3.8, 4) is 0 Å². The van der Waals surface area contributed by atoms with Gasteiger partial charge in [0.25, 0.3) is 0 Å². The van der Waals surface area contributed by atoms with E-state index in [2.05, 4.69) is 10.3 Å². The van der Waals surface area contributed by atoms with Crippen LogP contribution in [-0.4, -0.2) is 35.8 Å². The molecule has 0 saturated carbocycles. The molecule has 1 aromatic rings. The molecule has 0 radical (unpaired) electrons. The zero-order valence-corrected chi connectivity index (χ0v) is 13.3. The number of hydrogen-bond acceptors (Lipinski definition) is 5. The summed E-state index contributed by atoms with van der Waals surface area (Å²) in [5, 5.41) is 2.51. The summed E-state index contributed by atoms with van der Waals surface area (Å²) in [4.78, 5) is 27.5. The molecule has 6 nitrogen and oxygen atoms in total. The SMILES string of the molecule is COC(=O)[C@H](C/C=C/c1cccnc1)NC(=O)OC(C)(C)C. The zero-order valence-electron chi connectivity index (χ0n) is 13.3. The summed E-state index contributed by atoms with van der Waals surface area (Å²) < 4.78 is 9.83. The highest BCUT2D eigenvalue weighted by Gasteiger charge is 2.23. The van der Waals surface area contributed by atoms with E-state index in [0.717, 1.165) is 5.56 Å². The molecule has 0 saturated heterocycles. The van der Waals surface area contributed by atoms with Crippen LogP contribution in [0.15, 0.2) is 30.6 Å². The van der Waals surface area contributed by atoms with E-state index in [9.17, 15) is 9.59 Å². The Bertz CT molecular complexity index is 521. The monoisotopic (exact) mass is 306 g/mol. The summed E-state index contributed by atoms with van der Waals surface area (Å²) in [7, 11) is 1.27. The van der Waals surface area contributed by atoms with Gasteiger partial charge in [-0.1, -0.05) is 18.2 Å². The Labute approximate surface area is 130 Å². The highest BCUT2D eigenvalue weighted by molar-refractivity contribution is 5.81. The number of esters is 1. The van der Waals surface area contributed by atoms with Gasteiger partial charge in [0.1, 0.15) is 11.6 Å². The van der Waals surface area contributed by atoms with Gasteiger partial charge in [-0.2, -0.15) is 0 Å². The first kappa shape index (κ1) is 17.7. The van der Waals surface area contributed by atoms with E-state index >= 15 is 0 Å². The maximum absolute atomic E-state index is 11.7. The Hall–Kier alpha value is -2.37. The molecule has 1 atom stereocenters. The van der Waals surface area contributed by atoms with Gasteiger partial charge >= 0.3 is 12.1 Å². The topological polar surface area (TPSA) is 77.5 Å². The highest BCUT2D eigenvalue weighted by Crippen LogP contribution is 2.08. The van der Waals surface area contributed by atoms with Crippen LogP contribution in [0.5, 0.6) is 0 Å². The van der Waals surface area contributed by atoms with Gasteiger partial charge in [-0.05, 0) is 38.8 Å². The Morgan fingerprint density at radius 3 is 2.68 bits per heavy atom. The second-order valence-corrected chi connectivity index (χ2v) is 5.65. The number of carbonyl (C=O) groups is 2. The van der Waals surface area contributed by atoms with Gasteiger partial charge in [0.15, 0.2) is 0 Å². The third kappa shape index (κ3) is 6.88. The zero-order chi connectivity index (χ0) is 16.6. The molecule has 0 fully saturated rings. The molecule has 0 bridgehead atoms. The number of nitrogens with zero attached hydrogens (tertiary/aromatic N) is 1. The lowest BCUT2D eigenvalue weighted by Crippen LogP contribution is -2.43. The molecule has 22 heavy (non-hydrogen) atoms. The lowest BCUT2D eigenvalue weighted by Gasteiger charge is -2.22. The summed E-state index contributed by atoms with van der Waals surface area (Å²) in [6, 6.07) is 2.90. The fourth-order valence-corrected chi connectivity index (χ4v) is 1.62. The second kappa shape index (κ2) is 8.17. The number of methoxy groups -OCH3 is 1. The summed E-state index contributed by atoms with van der Waals surface area (Å²) in [5.74, 6) is -0.526. The van der Waals surface area contributed by atoms with Crippen LogP contribution in [0.4, 0.5) is 4.79 Å². The molecule has 120 valence electrons. The Morgan fingerprint density at radius 2 is 2.14 bits per heavy atom. The normalized spacial score (nSPS) is 12.7. The van der Waals surface area contributed by atoms with Crippen LogP contribution in [0.3, 0.4) is 0 Å². The smallest absolute Gasteiger partial charge is 0.408 e. The van der Waals surface area contributed by atoms with Crippen LogP contribution in [0.25, 0.3) is 6.08 Å². The molecular weight excluding hydrogens is 284 g/mol. The molecule has 0 unspecified atom stereocenters. The first-order valence-corrected chi connectivity index (χ1v) is 6.96. The van der Waals surface area contributed by atoms with Crippen molar-refractivity contribution < 1.29 is 19.1 Å². The third-order valence-electron chi connectivity index (χ3n) is 2.54. The minimum atomic E-state index is -0.798. The minimum Gasteiger partial charge on any atom is -0.467 e. The Balaban J connectivity index is 2.63. The fourth-order valence-electron chi connectivity index (χ4n) is 1.62. The van der Waals surface area contributed by atoms with Gasteiger partial charge in [0.2, 0.25) is 0 Å². The van der Waals surface area contributed by atoms with Crippen molar-refractivity contribution in [1.82, 2.24) is 10.3 Å². The molecule has 0 spiro atoms. The maximum atomic E-state index is 11.7. The molecule has 1 N–H and O–H groups in total. The van der Waals surface area contributed by atoms with Crippen molar-refractivity contribution in [2.24, 2.45) is 0 Å². The van der Waals surface area contributed by atoms with Crippen molar-refractivity contribution in [2.75, 3.05) is 7.11 Å². The van der Waals surface area contributed by atoms with E-state index < -0.39 is 23.7 Å². The van der Waals surface area contributed by atoms with Gasteiger partial charge in [0.05, 0.1) is 7.11 Å². The Morgan fingerprint density at radius 1 is 1.41 bits per heavy atom. The minimum absolute atomic E-state index is 0.292. The summed E-state index contributed by atoms with van der Waals surface area (Å²) >= 11 is 0. The van der Waals surface area contributed by atoms with E-state index in [1.165, 1.54) is 7.11 Å². The van der Waals surface area contributed by atoms with Crippen LogP contribution in [0.1, 0.15) is 32.8 Å². The van der Waals surface area contributed by atoms with Crippen LogP contribution >= 0.6 is 0 Å². The predicted octanol–water partition coefficient (Wildman–Crippen LogP) is 2.55. The van der Waals surface area contributed by atoms with E-state index in [4.69, 9.17) is 9.47 Å². The van der Waals surface area contributed by atoms with E-state index in [-0.39, 0.29) is 0 Å². The number of aromatic nitrogens is 1. The number of rotatable bonds is 5. The molecule has 0 aliphatic heterocycles. The number of ether oxygens (including phenoxy) is 2. The van der Waals surface area contributed by atoms with E-state index in [1.807, 2.05) is 18.2 Å². The first-order chi connectivity index (χ1) is 10.3. The molecule has 1 aromatic heterocycles. The molecule has 0 aliphatic rings. The number of alkyl carbamates (subject to hydrolysis) is 1. The summed E-state index contributed by atoms with van der Waals surface area (Å²) in [6.07, 6.45) is 6.61. The van der Waals surface area contributed by atoms with Crippen molar-refractivity contribution in [1.29, 1.82) is 0 Å². The Kier molecular flexibility index (Phi) is 6.56. The van der Waals surface area contributed by atoms with Crippen LogP contribution < -0.4 is 5.32 Å². The average Bonchev–Trinajstić information content (AvgIpc) is 2.44. The molecule has 6 heteroatoms. The molecular formula is C16H22N2O4. The number of amides is 1. The molecule has 0 aliphatic carbocycles. The first-order valence-electron chi connectivity index (χ1n) is 6.96. The largest absolute Gasteiger partial charge is 0.467 e. The standard InChI is InChI=1S/C16H22N2O4/c1-16(2,3)22-15(20)18-13(14(19)21-4)9-5-7-12-8-6-10-17-11-12/h5-8,10-11,13H,9H2,1-4H3,(H,18,20)/b7-5+/t13-/m0/s1. The van der Waals surface area contributed by atoms with Gasteiger partial charge in [0, 0.05) is 12.4 Å². The number of nitrogens with one attached hydrogen (secondary N) is 1. The van der Waals surface area contributed by atoms with Crippen LogP contribution in [0.2, 0.25) is 0 Å².